The van der Waals surface area contributed by atoms with Crippen molar-refractivity contribution in [1.82, 2.24) is 4.57 Å². The molecule has 2 aromatic carbocycles. The van der Waals surface area contributed by atoms with Crippen LogP contribution in [0.4, 0.5) is 0 Å². The predicted molar refractivity (Wildman–Crippen MR) is 110 cm³/mol. The van der Waals surface area contributed by atoms with Crippen LogP contribution in [0, 0.1) is 6.92 Å². The topological polar surface area (TPSA) is 125 Å². The van der Waals surface area contributed by atoms with Gasteiger partial charge in [-0.25, -0.2) is 18.7 Å². The van der Waals surface area contributed by atoms with Crippen molar-refractivity contribution in [2.75, 3.05) is 0 Å². The fraction of sp³-hybridized carbons (Fsp3) is 0.190. The number of carbonyl (C=O) groups is 2. The van der Waals surface area contributed by atoms with E-state index in [9.17, 15) is 14.6 Å². The molecule has 0 saturated carbocycles. The lowest BCUT2D eigenvalue weighted by Crippen LogP contribution is -2.44. The molecule has 2 N–H and O–H groups in total. The minimum absolute atomic E-state index is 0.164. The van der Waals surface area contributed by atoms with E-state index in [2.05, 4.69) is 42.4 Å². The van der Waals surface area contributed by atoms with Crippen LogP contribution in [0.2, 0.25) is 0 Å². The van der Waals surface area contributed by atoms with Crippen LogP contribution < -0.4 is 18.9 Å². The molecule has 31 heavy (non-hydrogen) atoms. The molecule has 0 radical (unpaired) electrons. The third-order valence-electron chi connectivity index (χ3n) is 4.42. The molecule has 0 amide bonds. The van der Waals surface area contributed by atoms with Gasteiger partial charge in [0, 0.05) is 6.92 Å². The molecule has 1 aromatic heterocycles. The molecule has 0 aliphatic carbocycles. The minimum Gasteiger partial charge on any atom is -0.808 e. The quantitative estimate of drug-likeness (QED) is 0.434. The van der Waals surface area contributed by atoms with Crippen LogP contribution in [-0.4, -0.2) is 34.0 Å². The van der Waals surface area contributed by atoms with Crippen molar-refractivity contribution in [3.05, 3.63) is 77.9 Å². The maximum atomic E-state index is 11.8. The highest BCUT2D eigenvalue weighted by molar-refractivity contribution is 6.35. The summed E-state index contributed by atoms with van der Waals surface area (Å²) in [5.74, 6) is -1.54. The largest absolute Gasteiger partial charge is 0.808 e. The van der Waals surface area contributed by atoms with E-state index in [1.807, 2.05) is 0 Å². The lowest BCUT2D eigenvalue weighted by molar-refractivity contribution is -0.677. The van der Waals surface area contributed by atoms with Gasteiger partial charge in [-0.15, -0.1) is 0 Å². The van der Waals surface area contributed by atoms with Crippen molar-refractivity contribution in [3.63, 3.8) is 0 Å². The summed E-state index contributed by atoms with van der Waals surface area (Å²) >= 11 is 0. The first-order chi connectivity index (χ1) is 14.7. The smallest absolute Gasteiger partial charge is 0.492 e. The summed E-state index contributed by atoms with van der Waals surface area (Å²) in [5.41, 5.74) is -0.392. The zero-order chi connectivity index (χ0) is 23.0. The van der Waals surface area contributed by atoms with E-state index in [0.717, 1.165) is 6.54 Å². The number of benzene rings is 2. The standard InChI is InChI=1S/C14H10BO7.C7H13N2/c16-13(17)9-5-1-3-7-11(9)21-15(20)22-12-8-4-2-6-10(12)14(18)19;1-4-9-6-5-8(3)7(9)2/h1-8H,(H,16,17)(H,18,19);5-6H,4H2,1-3H3/q-1;+1. The monoisotopic (exact) mass is 426 g/mol. The Kier molecular flexibility index (Phi) is 8.21. The summed E-state index contributed by atoms with van der Waals surface area (Å²) in [6, 6.07) is 11.1. The average molecular weight is 426 g/mol. The van der Waals surface area contributed by atoms with Crippen LogP contribution >= 0.6 is 0 Å². The molecule has 0 fully saturated rings. The molecule has 10 heteroatoms. The van der Waals surface area contributed by atoms with Crippen LogP contribution in [0.5, 0.6) is 11.5 Å². The number of hydrogen-bond donors (Lipinski definition) is 2. The Morgan fingerprint density at radius 3 is 1.77 bits per heavy atom. The highest BCUT2D eigenvalue weighted by Crippen LogP contribution is 2.21. The number of aryl methyl sites for hydroxylation is 2. The van der Waals surface area contributed by atoms with Crippen molar-refractivity contribution in [1.29, 1.82) is 0 Å². The number of aromatic carboxylic acids is 2. The van der Waals surface area contributed by atoms with Gasteiger partial charge in [-0.1, -0.05) is 24.3 Å². The number of carboxylic acids is 2. The molecule has 0 saturated heterocycles. The summed E-state index contributed by atoms with van der Waals surface area (Å²) < 4.78 is 14.1. The lowest BCUT2D eigenvalue weighted by atomic mass is 10.1. The molecule has 0 aliphatic heterocycles. The zero-order valence-corrected chi connectivity index (χ0v) is 17.4. The fourth-order valence-corrected chi connectivity index (χ4v) is 2.66. The second kappa shape index (κ2) is 10.8. The fourth-order valence-electron chi connectivity index (χ4n) is 2.66. The van der Waals surface area contributed by atoms with Crippen LogP contribution in [-0.2, 0) is 13.6 Å². The number of hydrogen-bond acceptors (Lipinski definition) is 5. The summed E-state index contributed by atoms with van der Waals surface area (Å²) in [6.07, 6.45) is 4.16. The Morgan fingerprint density at radius 1 is 1.00 bits per heavy atom. The number of carboxylic acid groups (broad SMARTS) is 2. The summed E-state index contributed by atoms with van der Waals surface area (Å²) in [6.45, 7) is 5.32. The number of rotatable bonds is 7. The van der Waals surface area contributed by atoms with Gasteiger partial charge in [-0.2, -0.15) is 0 Å². The highest BCUT2D eigenvalue weighted by Gasteiger charge is 2.17. The Labute approximate surface area is 179 Å². The molecule has 0 aliphatic rings. The van der Waals surface area contributed by atoms with E-state index in [0.29, 0.717) is 0 Å². The zero-order valence-electron chi connectivity index (χ0n) is 17.4. The Hall–Kier alpha value is -3.79. The summed E-state index contributed by atoms with van der Waals surface area (Å²) in [4.78, 5) is 22.0. The molecule has 3 rings (SSSR count). The lowest BCUT2D eigenvalue weighted by Gasteiger charge is -2.22. The van der Waals surface area contributed by atoms with E-state index < -0.39 is 19.3 Å². The summed E-state index contributed by atoms with van der Waals surface area (Å²) in [7, 11) is -0.0531. The second-order valence-electron chi connectivity index (χ2n) is 6.37. The van der Waals surface area contributed by atoms with Crippen molar-refractivity contribution in [2.24, 2.45) is 7.05 Å². The number of aromatic nitrogens is 2. The van der Waals surface area contributed by atoms with E-state index in [1.165, 1.54) is 54.4 Å². The Balaban J connectivity index is 0.000000316. The van der Waals surface area contributed by atoms with Gasteiger partial charge >= 0.3 is 19.3 Å². The van der Waals surface area contributed by atoms with Gasteiger partial charge in [0.1, 0.15) is 23.9 Å². The van der Waals surface area contributed by atoms with Gasteiger partial charge < -0.3 is 24.5 Å². The van der Waals surface area contributed by atoms with Gasteiger partial charge in [0.15, 0.2) is 0 Å². The highest BCUT2D eigenvalue weighted by atomic mass is 16.7. The molecular formula is C21H23BN2O7. The third kappa shape index (κ3) is 6.35. The number of imidazole rings is 1. The maximum Gasteiger partial charge on any atom is 0.492 e. The molecule has 3 aromatic rings. The molecule has 0 atom stereocenters. The van der Waals surface area contributed by atoms with Crippen molar-refractivity contribution in [3.8, 4) is 11.5 Å². The van der Waals surface area contributed by atoms with Gasteiger partial charge in [0.05, 0.1) is 24.7 Å². The molecule has 0 unspecified atom stereocenters. The number of nitrogens with zero attached hydrogens (tertiary/aromatic N) is 2. The molecule has 0 bridgehead atoms. The Morgan fingerprint density at radius 2 is 1.45 bits per heavy atom. The normalized spacial score (nSPS) is 9.94. The molecule has 162 valence electrons. The SMILES string of the molecule is CCn1cc[n+](C)c1C.O=C(O)c1ccccc1OB([O-])Oc1ccccc1C(=O)O. The van der Waals surface area contributed by atoms with Gasteiger partial charge in [0.25, 0.3) is 5.82 Å². The van der Waals surface area contributed by atoms with E-state index >= 15 is 0 Å². The van der Waals surface area contributed by atoms with Gasteiger partial charge in [-0.05, 0) is 31.2 Å². The van der Waals surface area contributed by atoms with E-state index in [-0.39, 0.29) is 22.6 Å². The average Bonchev–Trinajstić information content (AvgIpc) is 3.06. The molecule has 1 heterocycles. The van der Waals surface area contributed by atoms with Crippen molar-refractivity contribution < 1.29 is 38.7 Å². The summed E-state index contributed by atoms with van der Waals surface area (Å²) in [5, 5.41) is 29.8. The first kappa shape index (κ1) is 23.5. The third-order valence-corrected chi connectivity index (χ3v) is 4.42. The van der Waals surface area contributed by atoms with Crippen molar-refractivity contribution in [2.45, 2.75) is 20.4 Å². The molecular weight excluding hydrogens is 403 g/mol. The molecule has 0 spiro atoms. The van der Waals surface area contributed by atoms with Crippen LogP contribution in [0.1, 0.15) is 33.5 Å². The predicted octanol–water partition coefficient (Wildman–Crippen LogP) is 1.53. The van der Waals surface area contributed by atoms with Gasteiger partial charge in [-0.3, -0.25) is 0 Å². The van der Waals surface area contributed by atoms with E-state index in [4.69, 9.17) is 19.5 Å². The van der Waals surface area contributed by atoms with E-state index in [1.54, 1.807) is 0 Å². The minimum atomic E-state index is -2.11. The Bertz CT molecular complexity index is 992. The van der Waals surface area contributed by atoms with Crippen LogP contribution in [0.3, 0.4) is 0 Å². The van der Waals surface area contributed by atoms with Crippen molar-refractivity contribution >= 4 is 19.3 Å². The van der Waals surface area contributed by atoms with Gasteiger partial charge in [0.2, 0.25) is 0 Å². The molecule has 9 nitrogen and oxygen atoms in total. The number of para-hydroxylation sites is 2. The first-order valence-electron chi connectivity index (χ1n) is 9.39. The van der Waals surface area contributed by atoms with Crippen LogP contribution in [0.25, 0.3) is 0 Å². The maximum absolute atomic E-state index is 11.8. The first-order valence-corrected chi connectivity index (χ1v) is 9.39. The van der Waals surface area contributed by atoms with Crippen LogP contribution in [0.15, 0.2) is 60.9 Å². The second-order valence-corrected chi connectivity index (χ2v) is 6.37.